The molecule has 128 valence electrons. The van der Waals surface area contributed by atoms with Gasteiger partial charge in [0.15, 0.2) is 0 Å². The second kappa shape index (κ2) is 7.29. The van der Waals surface area contributed by atoms with Gasteiger partial charge in [-0.2, -0.15) is 0 Å². The Bertz CT molecular complexity index is 745. The molecule has 7 heteroatoms. The Kier molecular flexibility index (Phi) is 5.13. The molecule has 1 aliphatic rings. The number of benzene rings is 1. The number of aliphatic carboxylic acids is 1. The highest BCUT2D eigenvalue weighted by atomic mass is 32.1. The van der Waals surface area contributed by atoms with Crippen molar-refractivity contribution in [2.24, 2.45) is 0 Å². The summed E-state index contributed by atoms with van der Waals surface area (Å²) in [7, 11) is 1.74. The number of carboxylic acid groups (broad SMARTS) is 1. The first-order valence-electron chi connectivity index (χ1n) is 7.81. The number of amides is 1. The zero-order valence-electron chi connectivity index (χ0n) is 13.5. The molecule has 24 heavy (non-hydrogen) atoms. The Balaban J connectivity index is 1.65. The van der Waals surface area contributed by atoms with Crippen LogP contribution >= 0.6 is 11.3 Å². The molecule has 0 aliphatic carbocycles. The number of carbonyl (C=O) groups excluding carboxylic acids is 1. The van der Waals surface area contributed by atoms with E-state index >= 15 is 0 Å². The summed E-state index contributed by atoms with van der Waals surface area (Å²) in [5.41, 5.74) is 0.681. The molecule has 2 aromatic rings. The van der Waals surface area contributed by atoms with Gasteiger partial charge in [0, 0.05) is 29.9 Å². The van der Waals surface area contributed by atoms with Crippen LogP contribution < -0.4 is 0 Å². The molecule has 1 fully saturated rings. The van der Waals surface area contributed by atoms with Crippen molar-refractivity contribution in [3.63, 3.8) is 0 Å². The van der Waals surface area contributed by atoms with Crippen LogP contribution in [-0.2, 0) is 9.53 Å². The van der Waals surface area contributed by atoms with Gasteiger partial charge < -0.3 is 14.7 Å². The Morgan fingerprint density at radius 3 is 3.04 bits per heavy atom. The van der Waals surface area contributed by atoms with E-state index < -0.39 is 5.97 Å². The van der Waals surface area contributed by atoms with Gasteiger partial charge >= 0.3 is 5.97 Å². The van der Waals surface area contributed by atoms with Crippen LogP contribution in [0.1, 0.15) is 10.4 Å². The standard InChI is InChI=1S/C17H20N2O4S/c1-18(11-16(20)21)9-14-10-19(5-6-23-14)17(22)13-2-3-15-12(8-13)4-7-24-15/h2-4,7-8,14H,5-6,9-11H2,1H3,(H,20,21). The fourth-order valence-electron chi connectivity index (χ4n) is 2.94. The van der Waals surface area contributed by atoms with Gasteiger partial charge in [-0.15, -0.1) is 11.3 Å². The van der Waals surface area contributed by atoms with Gasteiger partial charge in [0.25, 0.3) is 5.91 Å². The van der Waals surface area contributed by atoms with E-state index in [2.05, 4.69) is 0 Å². The predicted molar refractivity (Wildman–Crippen MR) is 92.6 cm³/mol. The number of likely N-dealkylation sites (N-methyl/N-ethyl adjacent to an activating group) is 1. The Hall–Kier alpha value is -1.96. The molecule has 1 aliphatic heterocycles. The van der Waals surface area contributed by atoms with Gasteiger partial charge in [-0.25, -0.2) is 0 Å². The predicted octanol–water partition coefficient (Wildman–Crippen LogP) is 1.76. The summed E-state index contributed by atoms with van der Waals surface area (Å²) < 4.78 is 6.85. The number of hydrogen-bond acceptors (Lipinski definition) is 5. The average molecular weight is 348 g/mol. The molecular formula is C17H20N2O4S. The molecule has 0 radical (unpaired) electrons. The smallest absolute Gasteiger partial charge is 0.317 e. The average Bonchev–Trinajstić information content (AvgIpc) is 3.01. The number of hydrogen-bond donors (Lipinski definition) is 1. The van der Waals surface area contributed by atoms with Crippen molar-refractivity contribution in [1.29, 1.82) is 0 Å². The maximum atomic E-state index is 12.7. The van der Waals surface area contributed by atoms with Gasteiger partial charge in [0.05, 0.1) is 19.3 Å². The van der Waals surface area contributed by atoms with Gasteiger partial charge in [-0.05, 0) is 42.1 Å². The molecule has 1 amide bonds. The molecule has 3 rings (SSSR count). The molecule has 0 spiro atoms. The second-order valence-corrected chi connectivity index (χ2v) is 6.96. The molecule has 0 saturated carbocycles. The van der Waals surface area contributed by atoms with Crippen LogP contribution in [0.4, 0.5) is 0 Å². The van der Waals surface area contributed by atoms with Crippen LogP contribution in [0.2, 0.25) is 0 Å². The van der Waals surface area contributed by atoms with E-state index in [1.54, 1.807) is 28.2 Å². The molecule has 2 heterocycles. The van der Waals surface area contributed by atoms with Crippen molar-refractivity contribution in [2.75, 3.05) is 39.8 Å². The van der Waals surface area contributed by atoms with E-state index in [4.69, 9.17) is 9.84 Å². The van der Waals surface area contributed by atoms with Crippen molar-refractivity contribution in [2.45, 2.75) is 6.10 Å². The molecule has 1 aromatic carbocycles. The zero-order chi connectivity index (χ0) is 17.1. The first-order valence-corrected chi connectivity index (χ1v) is 8.69. The largest absolute Gasteiger partial charge is 0.480 e. The van der Waals surface area contributed by atoms with Crippen LogP contribution in [0.3, 0.4) is 0 Å². The summed E-state index contributed by atoms with van der Waals surface area (Å²) >= 11 is 1.66. The molecule has 1 saturated heterocycles. The number of morpholine rings is 1. The van der Waals surface area contributed by atoms with Crippen molar-refractivity contribution >= 4 is 33.3 Å². The van der Waals surface area contributed by atoms with Crippen molar-refractivity contribution < 1.29 is 19.4 Å². The van der Waals surface area contributed by atoms with E-state index in [9.17, 15) is 9.59 Å². The molecule has 1 aromatic heterocycles. The number of fused-ring (bicyclic) bond motifs is 1. The van der Waals surface area contributed by atoms with E-state index in [-0.39, 0.29) is 18.6 Å². The minimum absolute atomic E-state index is 0.00251. The highest BCUT2D eigenvalue weighted by Crippen LogP contribution is 2.23. The molecule has 1 unspecified atom stereocenters. The number of rotatable bonds is 5. The number of carbonyl (C=O) groups is 2. The Morgan fingerprint density at radius 2 is 2.25 bits per heavy atom. The maximum absolute atomic E-state index is 12.7. The molecule has 1 N–H and O–H groups in total. The van der Waals surface area contributed by atoms with Crippen LogP contribution in [0.5, 0.6) is 0 Å². The lowest BCUT2D eigenvalue weighted by molar-refractivity contribution is -0.138. The SMILES string of the molecule is CN(CC(=O)O)CC1CN(C(=O)c2ccc3sccc3c2)CCO1. The van der Waals surface area contributed by atoms with Gasteiger partial charge in [-0.1, -0.05) is 0 Å². The Labute approximate surface area is 144 Å². The summed E-state index contributed by atoms with van der Waals surface area (Å²) in [4.78, 5) is 27.0. The molecular weight excluding hydrogens is 328 g/mol. The third kappa shape index (κ3) is 3.92. The number of ether oxygens (including phenoxy) is 1. The summed E-state index contributed by atoms with van der Waals surface area (Å²) in [6.07, 6.45) is -0.170. The minimum atomic E-state index is -0.870. The summed E-state index contributed by atoms with van der Waals surface area (Å²) in [6.45, 7) is 1.95. The molecule has 0 bridgehead atoms. The topological polar surface area (TPSA) is 70.1 Å². The first kappa shape index (κ1) is 16.9. The van der Waals surface area contributed by atoms with E-state index in [1.807, 2.05) is 29.6 Å². The van der Waals surface area contributed by atoms with Crippen LogP contribution in [0, 0.1) is 0 Å². The first-order chi connectivity index (χ1) is 11.5. The number of thiophene rings is 1. The lowest BCUT2D eigenvalue weighted by Gasteiger charge is -2.34. The van der Waals surface area contributed by atoms with Crippen LogP contribution in [0.15, 0.2) is 29.6 Å². The lowest BCUT2D eigenvalue weighted by Crippen LogP contribution is -2.49. The summed E-state index contributed by atoms with van der Waals surface area (Å²) in [5.74, 6) is -0.873. The summed E-state index contributed by atoms with van der Waals surface area (Å²) in [6, 6.07) is 7.78. The number of carboxylic acids is 1. The van der Waals surface area contributed by atoms with Gasteiger partial charge in [0.2, 0.25) is 0 Å². The second-order valence-electron chi connectivity index (χ2n) is 6.01. The fourth-order valence-corrected chi connectivity index (χ4v) is 3.71. The highest BCUT2D eigenvalue weighted by Gasteiger charge is 2.26. The minimum Gasteiger partial charge on any atom is -0.480 e. The quantitative estimate of drug-likeness (QED) is 0.892. The van der Waals surface area contributed by atoms with Crippen LogP contribution in [0.25, 0.3) is 10.1 Å². The zero-order valence-corrected chi connectivity index (χ0v) is 14.3. The lowest BCUT2D eigenvalue weighted by atomic mass is 10.1. The molecule has 6 nitrogen and oxygen atoms in total. The van der Waals surface area contributed by atoms with Gasteiger partial charge in [-0.3, -0.25) is 14.5 Å². The monoisotopic (exact) mass is 348 g/mol. The van der Waals surface area contributed by atoms with Gasteiger partial charge in [0.1, 0.15) is 0 Å². The molecule has 1 atom stereocenters. The van der Waals surface area contributed by atoms with Crippen LogP contribution in [-0.4, -0.2) is 72.7 Å². The third-order valence-corrected chi connectivity index (χ3v) is 4.94. The summed E-state index contributed by atoms with van der Waals surface area (Å²) in [5, 5.41) is 11.9. The highest BCUT2D eigenvalue weighted by molar-refractivity contribution is 7.17. The van der Waals surface area contributed by atoms with Crippen molar-refractivity contribution in [3.05, 3.63) is 35.2 Å². The van der Waals surface area contributed by atoms with E-state index in [0.717, 1.165) is 5.39 Å². The third-order valence-electron chi connectivity index (χ3n) is 4.05. The Morgan fingerprint density at radius 1 is 1.42 bits per heavy atom. The van der Waals surface area contributed by atoms with E-state index in [0.29, 0.717) is 31.8 Å². The fraction of sp³-hybridized carbons (Fsp3) is 0.412. The van der Waals surface area contributed by atoms with Crippen molar-refractivity contribution in [3.8, 4) is 0 Å². The normalized spacial score (nSPS) is 18.2. The van der Waals surface area contributed by atoms with E-state index in [1.165, 1.54) is 4.70 Å². The van der Waals surface area contributed by atoms with Crippen molar-refractivity contribution in [1.82, 2.24) is 9.80 Å². The maximum Gasteiger partial charge on any atom is 0.317 e. The number of nitrogens with zero attached hydrogens (tertiary/aromatic N) is 2.